The average Bonchev–Trinajstić information content (AvgIpc) is 2.96. The lowest BCUT2D eigenvalue weighted by Gasteiger charge is -2.32. The quantitative estimate of drug-likeness (QED) is 0.854. The molecule has 2 aliphatic heterocycles. The fraction of sp³-hybridized carbons (Fsp3) is 0.667. The summed E-state index contributed by atoms with van der Waals surface area (Å²) in [7, 11) is 0. The van der Waals surface area contributed by atoms with Crippen LogP contribution in [0.2, 0.25) is 0 Å². The van der Waals surface area contributed by atoms with Crippen molar-refractivity contribution in [2.24, 2.45) is 0 Å². The number of fused-ring (bicyclic) bond motifs is 1. The highest BCUT2D eigenvalue weighted by molar-refractivity contribution is 5.71. The highest BCUT2D eigenvalue weighted by Gasteiger charge is 2.33. The third kappa shape index (κ3) is 4.03. The van der Waals surface area contributed by atoms with Crippen molar-refractivity contribution < 1.29 is 13.2 Å². The van der Waals surface area contributed by atoms with E-state index in [2.05, 4.69) is 15.3 Å². The highest BCUT2D eigenvalue weighted by atomic mass is 19.4. The summed E-state index contributed by atoms with van der Waals surface area (Å²) in [6, 6.07) is 2.16. The predicted molar refractivity (Wildman–Crippen MR) is 96.0 cm³/mol. The summed E-state index contributed by atoms with van der Waals surface area (Å²) in [5.41, 5.74) is 2.26. The van der Waals surface area contributed by atoms with E-state index < -0.39 is 12.7 Å². The third-order valence-corrected chi connectivity index (χ3v) is 5.73. The van der Waals surface area contributed by atoms with Crippen LogP contribution in [0.25, 0.3) is 11.2 Å². The maximum atomic E-state index is 12.6. The number of pyridine rings is 1. The predicted octanol–water partition coefficient (Wildman–Crippen LogP) is 2.39. The van der Waals surface area contributed by atoms with Gasteiger partial charge in [-0.1, -0.05) is 0 Å². The summed E-state index contributed by atoms with van der Waals surface area (Å²) < 4.78 is 39.5. The molecule has 0 spiro atoms. The Morgan fingerprint density at radius 3 is 2.52 bits per heavy atom. The van der Waals surface area contributed by atoms with E-state index in [-0.39, 0.29) is 17.6 Å². The highest BCUT2D eigenvalue weighted by Crippen LogP contribution is 2.31. The Morgan fingerprint density at radius 2 is 1.85 bits per heavy atom. The number of imidazole rings is 1. The number of H-pyrrole nitrogens is 1. The molecular weight excluding hydrogens is 359 g/mol. The molecule has 4 heterocycles. The molecule has 0 atom stereocenters. The third-order valence-electron chi connectivity index (χ3n) is 5.73. The van der Waals surface area contributed by atoms with Gasteiger partial charge in [-0.3, -0.25) is 14.5 Å². The van der Waals surface area contributed by atoms with Gasteiger partial charge >= 0.3 is 11.9 Å². The Kier molecular flexibility index (Phi) is 4.98. The summed E-state index contributed by atoms with van der Waals surface area (Å²) in [6.45, 7) is 1.78. The van der Waals surface area contributed by atoms with Crippen LogP contribution in [0.15, 0.2) is 17.1 Å². The SMILES string of the molecule is O=c1[nH]c2ncc(C3CCN(CC(F)(F)F)CC3)cc2n1C1CCNCC1. The zero-order valence-corrected chi connectivity index (χ0v) is 15.1. The number of aromatic nitrogens is 3. The van der Waals surface area contributed by atoms with E-state index in [0.717, 1.165) is 37.0 Å². The molecule has 0 radical (unpaired) electrons. The molecule has 27 heavy (non-hydrogen) atoms. The molecule has 2 fully saturated rings. The van der Waals surface area contributed by atoms with Crippen LogP contribution in [0.3, 0.4) is 0 Å². The van der Waals surface area contributed by atoms with Crippen LogP contribution < -0.4 is 11.0 Å². The minimum Gasteiger partial charge on any atom is -0.317 e. The molecule has 2 aromatic heterocycles. The molecule has 0 unspecified atom stereocenters. The number of halogens is 3. The smallest absolute Gasteiger partial charge is 0.317 e. The van der Waals surface area contributed by atoms with Gasteiger partial charge in [-0.2, -0.15) is 13.2 Å². The largest absolute Gasteiger partial charge is 0.401 e. The molecule has 9 heteroatoms. The minimum atomic E-state index is -4.15. The summed E-state index contributed by atoms with van der Waals surface area (Å²) in [5, 5.41) is 3.30. The van der Waals surface area contributed by atoms with Gasteiger partial charge in [-0.15, -0.1) is 0 Å². The molecule has 0 saturated carbocycles. The first kappa shape index (κ1) is 18.5. The van der Waals surface area contributed by atoms with Gasteiger partial charge in [-0.25, -0.2) is 9.78 Å². The van der Waals surface area contributed by atoms with E-state index in [1.54, 1.807) is 6.20 Å². The second-order valence-electron chi connectivity index (χ2n) is 7.58. The molecule has 148 valence electrons. The van der Waals surface area contributed by atoms with Crippen molar-refractivity contribution in [3.8, 4) is 0 Å². The van der Waals surface area contributed by atoms with Crippen molar-refractivity contribution in [3.05, 3.63) is 28.3 Å². The standard InChI is InChI=1S/C18H24F3N5O/c19-18(20,21)11-25-7-3-12(4-8-25)13-9-15-16(23-10-13)24-17(27)26(15)14-1-5-22-6-2-14/h9-10,12,14,22H,1-8,11H2,(H,23,24,27). The maximum absolute atomic E-state index is 12.6. The van der Waals surface area contributed by atoms with Crippen LogP contribution in [0.4, 0.5) is 13.2 Å². The van der Waals surface area contributed by atoms with E-state index >= 15 is 0 Å². The molecule has 2 aliphatic rings. The fourth-order valence-corrected chi connectivity index (χ4v) is 4.35. The van der Waals surface area contributed by atoms with Crippen LogP contribution in [0.5, 0.6) is 0 Å². The van der Waals surface area contributed by atoms with Crippen LogP contribution in [0, 0.1) is 0 Å². The summed E-state index contributed by atoms with van der Waals surface area (Å²) in [6.07, 6.45) is 0.745. The van der Waals surface area contributed by atoms with Gasteiger partial charge in [0.25, 0.3) is 0 Å². The lowest BCUT2D eigenvalue weighted by Crippen LogP contribution is -2.39. The first-order chi connectivity index (χ1) is 12.9. The zero-order chi connectivity index (χ0) is 19.0. The van der Waals surface area contributed by atoms with Crippen LogP contribution in [-0.2, 0) is 0 Å². The normalized spacial score (nSPS) is 21.1. The lowest BCUT2D eigenvalue weighted by atomic mass is 9.90. The first-order valence-electron chi connectivity index (χ1n) is 9.51. The Bertz CT molecular complexity index is 845. The first-order valence-corrected chi connectivity index (χ1v) is 9.51. The van der Waals surface area contributed by atoms with Gasteiger partial charge in [-0.05, 0) is 69.4 Å². The van der Waals surface area contributed by atoms with Crippen LogP contribution in [-0.4, -0.2) is 58.3 Å². The lowest BCUT2D eigenvalue weighted by molar-refractivity contribution is -0.147. The van der Waals surface area contributed by atoms with Crippen molar-refractivity contribution in [2.45, 2.75) is 43.8 Å². The monoisotopic (exact) mass is 383 g/mol. The van der Waals surface area contributed by atoms with Gasteiger partial charge in [0, 0.05) is 12.2 Å². The second kappa shape index (κ2) is 7.27. The van der Waals surface area contributed by atoms with E-state index in [4.69, 9.17) is 0 Å². The van der Waals surface area contributed by atoms with Crippen molar-refractivity contribution in [2.75, 3.05) is 32.7 Å². The second-order valence-corrected chi connectivity index (χ2v) is 7.58. The number of nitrogens with one attached hydrogen (secondary N) is 2. The Hall–Kier alpha value is -1.87. The number of nitrogens with zero attached hydrogens (tertiary/aromatic N) is 3. The number of aromatic amines is 1. The summed E-state index contributed by atoms with van der Waals surface area (Å²) in [4.78, 5) is 21.2. The van der Waals surface area contributed by atoms with Crippen LogP contribution >= 0.6 is 0 Å². The van der Waals surface area contributed by atoms with Gasteiger partial charge in [0.1, 0.15) is 0 Å². The minimum absolute atomic E-state index is 0.137. The molecule has 6 nitrogen and oxygen atoms in total. The molecule has 2 saturated heterocycles. The molecule has 0 aliphatic carbocycles. The van der Waals surface area contributed by atoms with Gasteiger partial charge < -0.3 is 5.32 Å². The van der Waals surface area contributed by atoms with Crippen molar-refractivity contribution in [1.82, 2.24) is 24.8 Å². The Morgan fingerprint density at radius 1 is 1.15 bits per heavy atom. The summed E-state index contributed by atoms with van der Waals surface area (Å²) in [5.74, 6) is 0.179. The number of likely N-dealkylation sites (tertiary alicyclic amines) is 1. The average molecular weight is 383 g/mol. The number of rotatable bonds is 3. The number of hydrogen-bond acceptors (Lipinski definition) is 4. The van der Waals surface area contributed by atoms with E-state index in [9.17, 15) is 18.0 Å². The van der Waals surface area contributed by atoms with E-state index in [1.165, 1.54) is 4.90 Å². The topological polar surface area (TPSA) is 66.0 Å². The van der Waals surface area contributed by atoms with Crippen molar-refractivity contribution >= 4 is 11.2 Å². The molecular formula is C18H24F3N5O. The molecule has 0 aromatic carbocycles. The van der Waals surface area contributed by atoms with Crippen LogP contribution in [0.1, 0.15) is 43.2 Å². The molecule has 2 N–H and O–H groups in total. The van der Waals surface area contributed by atoms with E-state index in [1.807, 2.05) is 10.6 Å². The molecule has 4 rings (SSSR count). The molecule has 0 amide bonds. The zero-order valence-electron chi connectivity index (χ0n) is 15.1. The number of piperidine rings is 2. The molecule has 0 bridgehead atoms. The van der Waals surface area contributed by atoms with Crippen molar-refractivity contribution in [1.29, 1.82) is 0 Å². The fourth-order valence-electron chi connectivity index (χ4n) is 4.35. The van der Waals surface area contributed by atoms with E-state index in [0.29, 0.717) is 31.6 Å². The Balaban J connectivity index is 1.54. The van der Waals surface area contributed by atoms with Gasteiger partial charge in [0.2, 0.25) is 0 Å². The molecule has 2 aromatic rings. The van der Waals surface area contributed by atoms with Crippen molar-refractivity contribution in [3.63, 3.8) is 0 Å². The van der Waals surface area contributed by atoms with Gasteiger partial charge in [0.15, 0.2) is 5.65 Å². The van der Waals surface area contributed by atoms with Gasteiger partial charge in [0.05, 0.1) is 12.1 Å². The Labute approximate surface area is 154 Å². The summed E-state index contributed by atoms with van der Waals surface area (Å²) >= 11 is 0. The maximum Gasteiger partial charge on any atom is 0.401 e. The number of alkyl halides is 3. The number of hydrogen-bond donors (Lipinski definition) is 2.